The van der Waals surface area contributed by atoms with Gasteiger partial charge < -0.3 is 5.32 Å². The number of allylic oxidation sites excluding steroid dienone is 3. The first-order valence-electron chi connectivity index (χ1n) is 7.82. The van der Waals surface area contributed by atoms with Crippen molar-refractivity contribution in [3.8, 4) is 0 Å². The Morgan fingerprint density at radius 1 is 1.39 bits per heavy atom. The lowest BCUT2D eigenvalue weighted by molar-refractivity contribution is -0.116. The predicted molar refractivity (Wildman–Crippen MR) is 95.8 cm³/mol. The monoisotopic (exact) mass is 352 g/mol. The van der Waals surface area contributed by atoms with Crippen molar-refractivity contribution in [3.63, 3.8) is 0 Å². The lowest BCUT2D eigenvalue weighted by Crippen LogP contribution is -2.25. The van der Waals surface area contributed by atoms with Crippen LogP contribution in [0.2, 0.25) is 10.3 Å². The van der Waals surface area contributed by atoms with Gasteiger partial charge in [-0.05, 0) is 54.4 Å². The fraction of sp³-hybridized carbons (Fsp3) is 0.444. The van der Waals surface area contributed by atoms with E-state index in [9.17, 15) is 4.79 Å². The number of halogens is 2. The van der Waals surface area contributed by atoms with Gasteiger partial charge >= 0.3 is 0 Å². The van der Waals surface area contributed by atoms with E-state index < -0.39 is 0 Å². The molecule has 5 heteroatoms. The quantitative estimate of drug-likeness (QED) is 0.455. The molecule has 0 aliphatic heterocycles. The van der Waals surface area contributed by atoms with E-state index in [1.165, 1.54) is 0 Å². The SMILES string of the molecule is CC(C=CC1CC1c1cc(Cl)nc(Cl)c1)=CC(=O)NCC(C)C. The van der Waals surface area contributed by atoms with Gasteiger partial charge in [0.05, 0.1) is 0 Å². The highest BCUT2D eigenvalue weighted by Crippen LogP contribution is 2.49. The van der Waals surface area contributed by atoms with Gasteiger partial charge in [0.25, 0.3) is 0 Å². The van der Waals surface area contributed by atoms with Crippen LogP contribution in [-0.2, 0) is 4.79 Å². The van der Waals surface area contributed by atoms with Crippen LogP contribution < -0.4 is 5.32 Å². The third-order valence-corrected chi connectivity index (χ3v) is 4.09. The molecule has 1 heterocycles. The largest absolute Gasteiger partial charge is 0.352 e. The van der Waals surface area contributed by atoms with E-state index >= 15 is 0 Å². The van der Waals surface area contributed by atoms with Gasteiger partial charge in [-0.25, -0.2) is 4.98 Å². The minimum atomic E-state index is -0.0408. The van der Waals surface area contributed by atoms with Crippen LogP contribution in [0.25, 0.3) is 0 Å². The number of hydrogen-bond donors (Lipinski definition) is 1. The number of nitrogens with one attached hydrogen (secondary N) is 1. The standard InChI is InChI=1S/C18H22Cl2N2O/c1-11(2)10-21-18(23)6-12(3)4-5-13-7-15(13)14-8-16(19)22-17(20)9-14/h4-6,8-9,11,13,15H,7,10H2,1-3H3,(H,21,23). The molecule has 0 spiro atoms. The topological polar surface area (TPSA) is 42.0 Å². The van der Waals surface area contributed by atoms with Crippen LogP contribution in [0, 0.1) is 11.8 Å². The number of hydrogen-bond acceptors (Lipinski definition) is 2. The number of carbonyl (C=O) groups excluding carboxylic acids is 1. The Morgan fingerprint density at radius 2 is 2.04 bits per heavy atom. The number of aromatic nitrogens is 1. The zero-order valence-electron chi connectivity index (χ0n) is 13.6. The summed E-state index contributed by atoms with van der Waals surface area (Å²) < 4.78 is 0. The van der Waals surface area contributed by atoms with E-state index in [-0.39, 0.29) is 5.91 Å². The zero-order valence-corrected chi connectivity index (χ0v) is 15.2. The second-order valence-electron chi connectivity index (χ2n) is 6.44. The van der Waals surface area contributed by atoms with Crippen molar-refractivity contribution in [1.29, 1.82) is 0 Å². The van der Waals surface area contributed by atoms with Crippen molar-refractivity contribution in [3.05, 3.63) is 51.8 Å². The van der Waals surface area contributed by atoms with Crippen molar-refractivity contribution < 1.29 is 4.79 Å². The van der Waals surface area contributed by atoms with Crippen LogP contribution in [-0.4, -0.2) is 17.4 Å². The van der Waals surface area contributed by atoms with E-state index in [1.807, 2.05) is 25.1 Å². The molecule has 1 N–H and O–H groups in total. The summed E-state index contributed by atoms with van der Waals surface area (Å²) in [6.45, 7) is 6.77. The van der Waals surface area contributed by atoms with Gasteiger partial charge in [0.2, 0.25) is 5.91 Å². The molecule has 2 atom stereocenters. The summed E-state index contributed by atoms with van der Waals surface area (Å²) in [5.74, 6) is 1.31. The van der Waals surface area contributed by atoms with Gasteiger partial charge in [-0.1, -0.05) is 49.2 Å². The Morgan fingerprint density at radius 3 is 2.65 bits per heavy atom. The number of pyridine rings is 1. The molecule has 1 aromatic rings. The van der Waals surface area contributed by atoms with Gasteiger partial charge in [-0.2, -0.15) is 0 Å². The minimum Gasteiger partial charge on any atom is -0.352 e. The van der Waals surface area contributed by atoms with E-state index in [0.29, 0.717) is 34.6 Å². The molecular formula is C18H22Cl2N2O. The van der Waals surface area contributed by atoms with Crippen molar-refractivity contribution in [1.82, 2.24) is 10.3 Å². The van der Waals surface area contributed by atoms with Crippen LogP contribution in [0.1, 0.15) is 38.7 Å². The molecule has 1 fully saturated rings. The zero-order chi connectivity index (χ0) is 17.0. The Balaban J connectivity index is 1.88. The average Bonchev–Trinajstić information content (AvgIpc) is 3.21. The first-order valence-corrected chi connectivity index (χ1v) is 8.58. The first kappa shape index (κ1) is 18.0. The van der Waals surface area contributed by atoms with Crippen molar-refractivity contribution in [2.75, 3.05) is 6.54 Å². The number of nitrogens with zero attached hydrogens (tertiary/aromatic N) is 1. The maximum absolute atomic E-state index is 11.7. The Bertz CT molecular complexity index is 618. The molecule has 0 radical (unpaired) electrons. The van der Waals surface area contributed by atoms with Crippen molar-refractivity contribution >= 4 is 29.1 Å². The normalized spacial score (nSPS) is 21.0. The summed E-state index contributed by atoms with van der Waals surface area (Å²) in [4.78, 5) is 15.7. The summed E-state index contributed by atoms with van der Waals surface area (Å²) in [6.07, 6.45) is 6.86. The van der Waals surface area contributed by atoms with Crippen molar-refractivity contribution in [2.45, 2.75) is 33.1 Å². The highest BCUT2D eigenvalue weighted by molar-refractivity contribution is 6.32. The van der Waals surface area contributed by atoms with E-state index in [4.69, 9.17) is 23.2 Å². The molecule has 0 saturated heterocycles. The maximum atomic E-state index is 11.7. The summed E-state index contributed by atoms with van der Waals surface area (Å²) in [6, 6.07) is 3.74. The highest BCUT2D eigenvalue weighted by Gasteiger charge is 2.36. The summed E-state index contributed by atoms with van der Waals surface area (Å²) in [5, 5.41) is 3.74. The van der Waals surface area contributed by atoms with Crippen LogP contribution in [0.4, 0.5) is 0 Å². The molecule has 2 unspecified atom stereocenters. The van der Waals surface area contributed by atoms with E-state index in [2.05, 4.69) is 30.2 Å². The van der Waals surface area contributed by atoms with Gasteiger partial charge in [0, 0.05) is 12.6 Å². The third kappa shape index (κ3) is 6.00. The molecule has 1 aliphatic carbocycles. The number of amides is 1. The van der Waals surface area contributed by atoms with Crippen LogP contribution in [0.15, 0.2) is 35.9 Å². The molecule has 2 rings (SSSR count). The summed E-state index contributed by atoms with van der Waals surface area (Å²) >= 11 is 11.9. The molecule has 3 nitrogen and oxygen atoms in total. The van der Waals surface area contributed by atoms with Crippen LogP contribution >= 0.6 is 23.2 Å². The third-order valence-electron chi connectivity index (χ3n) is 3.70. The fourth-order valence-corrected chi connectivity index (χ4v) is 2.87. The maximum Gasteiger partial charge on any atom is 0.244 e. The average molecular weight is 353 g/mol. The van der Waals surface area contributed by atoms with Gasteiger partial charge in [0.1, 0.15) is 10.3 Å². The summed E-state index contributed by atoms with van der Waals surface area (Å²) in [7, 11) is 0. The first-order chi connectivity index (χ1) is 10.8. The van der Waals surface area contributed by atoms with Crippen molar-refractivity contribution in [2.24, 2.45) is 11.8 Å². The van der Waals surface area contributed by atoms with E-state index in [1.54, 1.807) is 6.08 Å². The molecule has 1 saturated carbocycles. The van der Waals surface area contributed by atoms with Crippen LogP contribution in [0.5, 0.6) is 0 Å². The molecule has 0 aromatic carbocycles. The molecule has 23 heavy (non-hydrogen) atoms. The second-order valence-corrected chi connectivity index (χ2v) is 7.21. The molecule has 0 bridgehead atoms. The predicted octanol–water partition coefficient (Wildman–Crippen LogP) is 4.77. The molecule has 124 valence electrons. The second kappa shape index (κ2) is 7.98. The van der Waals surface area contributed by atoms with E-state index in [0.717, 1.165) is 17.6 Å². The summed E-state index contributed by atoms with van der Waals surface area (Å²) in [5.41, 5.74) is 2.07. The molecular weight excluding hydrogens is 331 g/mol. The Hall–Kier alpha value is -1.32. The van der Waals surface area contributed by atoms with Gasteiger partial charge in [-0.15, -0.1) is 0 Å². The molecule has 1 aliphatic rings. The lowest BCUT2D eigenvalue weighted by atomic mass is 10.1. The number of carbonyl (C=O) groups is 1. The molecule has 1 aromatic heterocycles. The van der Waals surface area contributed by atoms with Gasteiger partial charge in [-0.3, -0.25) is 4.79 Å². The van der Waals surface area contributed by atoms with Crippen LogP contribution in [0.3, 0.4) is 0 Å². The smallest absolute Gasteiger partial charge is 0.244 e. The highest BCUT2D eigenvalue weighted by atomic mass is 35.5. The molecule has 1 amide bonds. The van der Waals surface area contributed by atoms with Gasteiger partial charge in [0.15, 0.2) is 0 Å². The fourth-order valence-electron chi connectivity index (χ4n) is 2.39. The Kier molecular flexibility index (Phi) is 6.25. The number of rotatable bonds is 6. The minimum absolute atomic E-state index is 0.0408. The Labute approximate surface area is 147 Å². The lowest BCUT2D eigenvalue weighted by Gasteiger charge is -2.04.